The van der Waals surface area contributed by atoms with Crippen molar-refractivity contribution in [3.8, 4) is 0 Å². The molecule has 1 aromatic carbocycles. The van der Waals surface area contributed by atoms with Gasteiger partial charge in [0.15, 0.2) is 0 Å². The number of fused-ring (bicyclic) bond motifs is 1. The minimum absolute atomic E-state index is 0.454. The normalized spacial score (nSPS) is 12.2. The number of nitrogens with one attached hydrogen (secondary N) is 1. The van der Waals surface area contributed by atoms with Crippen LogP contribution in [0.15, 0.2) is 24.4 Å². The molecule has 0 radical (unpaired) electrons. The molecule has 0 amide bonds. The van der Waals surface area contributed by atoms with Gasteiger partial charge in [-0.05, 0) is 32.0 Å². The van der Waals surface area contributed by atoms with Crippen LogP contribution in [-0.2, 0) is 17.1 Å². The standard InChI is InChI=1S/C11H15N3O2S/c1-8(2)17(15,16)13-10-5-4-9-7-12-14(3)11(9)6-10/h4-8,13H,1-3H3. The van der Waals surface area contributed by atoms with Crippen LogP contribution < -0.4 is 4.72 Å². The van der Waals surface area contributed by atoms with Crippen molar-refractivity contribution in [2.45, 2.75) is 19.1 Å². The maximum atomic E-state index is 11.7. The smallest absolute Gasteiger partial charge is 0.235 e. The van der Waals surface area contributed by atoms with Gasteiger partial charge in [0.2, 0.25) is 10.0 Å². The topological polar surface area (TPSA) is 64.0 Å². The number of hydrogen-bond donors (Lipinski definition) is 1. The van der Waals surface area contributed by atoms with E-state index < -0.39 is 15.3 Å². The zero-order valence-corrected chi connectivity index (χ0v) is 10.8. The van der Waals surface area contributed by atoms with E-state index in [1.807, 2.05) is 13.1 Å². The Kier molecular flexibility index (Phi) is 2.82. The van der Waals surface area contributed by atoms with Gasteiger partial charge < -0.3 is 0 Å². The Hall–Kier alpha value is -1.56. The lowest BCUT2D eigenvalue weighted by Crippen LogP contribution is -2.22. The number of nitrogens with zero attached hydrogens (tertiary/aromatic N) is 2. The van der Waals surface area contributed by atoms with Crippen LogP contribution in [0.3, 0.4) is 0 Å². The van der Waals surface area contributed by atoms with Crippen molar-refractivity contribution in [1.82, 2.24) is 9.78 Å². The van der Waals surface area contributed by atoms with E-state index in [4.69, 9.17) is 0 Å². The maximum Gasteiger partial charge on any atom is 0.235 e. The quantitative estimate of drug-likeness (QED) is 0.906. The molecule has 0 aliphatic rings. The molecule has 0 saturated carbocycles. The molecule has 92 valence electrons. The highest BCUT2D eigenvalue weighted by Crippen LogP contribution is 2.19. The van der Waals surface area contributed by atoms with Crippen molar-refractivity contribution in [1.29, 1.82) is 0 Å². The lowest BCUT2D eigenvalue weighted by atomic mass is 10.2. The molecule has 5 nitrogen and oxygen atoms in total. The van der Waals surface area contributed by atoms with Crippen LogP contribution in [0.1, 0.15) is 13.8 Å². The Bertz CT molecular complexity index is 644. The van der Waals surface area contributed by atoms with E-state index in [0.29, 0.717) is 5.69 Å². The van der Waals surface area contributed by atoms with Crippen LogP contribution >= 0.6 is 0 Å². The van der Waals surface area contributed by atoms with Gasteiger partial charge in [0.1, 0.15) is 0 Å². The molecule has 0 bridgehead atoms. The minimum Gasteiger partial charge on any atom is -0.283 e. The fourth-order valence-corrected chi connectivity index (χ4v) is 2.18. The zero-order valence-electron chi connectivity index (χ0n) is 10.0. The van der Waals surface area contributed by atoms with E-state index >= 15 is 0 Å². The van der Waals surface area contributed by atoms with Crippen molar-refractivity contribution in [2.24, 2.45) is 7.05 Å². The summed E-state index contributed by atoms with van der Waals surface area (Å²) in [5.41, 5.74) is 1.46. The number of sulfonamides is 1. The molecule has 1 heterocycles. The summed E-state index contributed by atoms with van der Waals surface area (Å²) >= 11 is 0. The van der Waals surface area contributed by atoms with Gasteiger partial charge in [-0.25, -0.2) is 8.42 Å². The molecule has 1 aromatic heterocycles. The fourth-order valence-electron chi connectivity index (χ4n) is 1.49. The van der Waals surface area contributed by atoms with Gasteiger partial charge >= 0.3 is 0 Å². The summed E-state index contributed by atoms with van der Waals surface area (Å²) in [6.07, 6.45) is 1.75. The average molecular weight is 253 g/mol. The van der Waals surface area contributed by atoms with Gasteiger partial charge in [-0.3, -0.25) is 9.40 Å². The van der Waals surface area contributed by atoms with Crippen LogP contribution in [-0.4, -0.2) is 23.4 Å². The lowest BCUT2D eigenvalue weighted by Gasteiger charge is -2.10. The highest BCUT2D eigenvalue weighted by molar-refractivity contribution is 7.93. The van der Waals surface area contributed by atoms with Crippen molar-refractivity contribution in [2.75, 3.05) is 4.72 Å². The van der Waals surface area contributed by atoms with Gasteiger partial charge in [0, 0.05) is 12.4 Å². The lowest BCUT2D eigenvalue weighted by molar-refractivity contribution is 0.593. The molecule has 0 fully saturated rings. The number of benzene rings is 1. The molecular weight excluding hydrogens is 238 g/mol. The number of rotatable bonds is 3. The Morgan fingerprint density at radius 1 is 1.35 bits per heavy atom. The van der Waals surface area contributed by atoms with E-state index in [0.717, 1.165) is 10.9 Å². The molecule has 17 heavy (non-hydrogen) atoms. The third-order valence-corrected chi connectivity index (χ3v) is 4.39. The first-order valence-corrected chi connectivity index (χ1v) is 6.88. The number of hydrogen-bond acceptors (Lipinski definition) is 3. The van der Waals surface area contributed by atoms with E-state index in [-0.39, 0.29) is 0 Å². The zero-order chi connectivity index (χ0) is 12.6. The second kappa shape index (κ2) is 4.03. The van der Waals surface area contributed by atoms with Gasteiger partial charge in [-0.1, -0.05) is 0 Å². The first kappa shape index (κ1) is 11.9. The Morgan fingerprint density at radius 2 is 2.06 bits per heavy atom. The molecule has 1 N–H and O–H groups in total. The summed E-state index contributed by atoms with van der Waals surface area (Å²) < 4.78 is 27.7. The predicted molar refractivity (Wildman–Crippen MR) is 68.4 cm³/mol. The summed E-state index contributed by atoms with van der Waals surface area (Å²) in [6, 6.07) is 5.37. The SMILES string of the molecule is CC(C)S(=O)(=O)Nc1ccc2cnn(C)c2c1. The maximum absolute atomic E-state index is 11.7. The Morgan fingerprint density at radius 3 is 2.71 bits per heavy atom. The molecule has 2 aromatic rings. The van der Waals surface area contributed by atoms with E-state index in [2.05, 4.69) is 9.82 Å². The molecule has 0 spiro atoms. The third-order valence-electron chi connectivity index (χ3n) is 2.63. The predicted octanol–water partition coefficient (Wildman–Crippen LogP) is 1.72. The summed E-state index contributed by atoms with van der Waals surface area (Å²) in [7, 11) is -1.47. The van der Waals surface area contributed by atoms with Crippen LogP contribution in [0.5, 0.6) is 0 Å². The number of aromatic nitrogens is 2. The summed E-state index contributed by atoms with van der Waals surface area (Å²) in [6.45, 7) is 3.29. The Balaban J connectivity index is 2.41. The average Bonchev–Trinajstić information content (AvgIpc) is 2.60. The van der Waals surface area contributed by atoms with Gasteiger partial charge in [0.05, 0.1) is 22.7 Å². The first-order valence-electron chi connectivity index (χ1n) is 5.33. The summed E-state index contributed by atoms with van der Waals surface area (Å²) in [5.74, 6) is 0. The van der Waals surface area contributed by atoms with Crippen molar-refractivity contribution >= 4 is 26.6 Å². The highest BCUT2D eigenvalue weighted by atomic mass is 32.2. The molecule has 0 aliphatic heterocycles. The number of anilines is 1. The van der Waals surface area contributed by atoms with E-state index in [9.17, 15) is 8.42 Å². The van der Waals surface area contributed by atoms with E-state index in [1.54, 1.807) is 36.9 Å². The molecule has 0 unspecified atom stereocenters. The second-order valence-corrected chi connectivity index (χ2v) is 6.47. The van der Waals surface area contributed by atoms with E-state index in [1.165, 1.54) is 0 Å². The van der Waals surface area contributed by atoms with Gasteiger partial charge in [0.25, 0.3) is 0 Å². The first-order chi connectivity index (χ1) is 7.90. The summed E-state index contributed by atoms with van der Waals surface area (Å²) in [4.78, 5) is 0. The van der Waals surface area contributed by atoms with Crippen LogP contribution in [0.25, 0.3) is 10.9 Å². The number of aryl methyl sites for hydroxylation is 1. The van der Waals surface area contributed by atoms with Crippen molar-refractivity contribution < 1.29 is 8.42 Å². The van der Waals surface area contributed by atoms with Crippen LogP contribution in [0.4, 0.5) is 5.69 Å². The van der Waals surface area contributed by atoms with Crippen LogP contribution in [0, 0.1) is 0 Å². The second-order valence-electron chi connectivity index (χ2n) is 4.24. The highest BCUT2D eigenvalue weighted by Gasteiger charge is 2.15. The van der Waals surface area contributed by atoms with Crippen molar-refractivity contribution in [3.05, 3.63) is 24.4 Å². The molecule has 2 rings (SSSR count). The van der Waals surface area contributed by atoms with Crippen LogP contribution in [0.2, 0.25) is 0 Å². The largest absolute Gasteiger partial charge is 0.283 e. The third kappa shape index (κ3) is 2.26. The van der Waals surface area contributed by atoms with Gasteiger partial charge in [-0.2, -0.15) is 5.10 Å². The molecule has 6 heteroatoms. The summed E-state index contributed by atoms with van der Waals surface area (Å²) in [5, 5.41) is 4.64. The Labute approximate surface area is 100 Å². The molecule has 0 aliphatic carbocycles. The van der Waals surface area contributed by atoms with Crippen molar-refractivity contribution in [3.63, 3.8) is 0 Å². The molecular formula is C11H15N3O2S. The molecule has 0 saturated heterocycles. The monoisotopic (exact) mass is 253 g/mol. The van der Waals surface area contributed by atoms with Gasteiger partial charge in [-0.15, -0.1) is 0 Å². The molecule has 0 atom stereocenters. The fraction of sp³-hybridized carbons (Fsp3) is 0.364. The minimum atomic E-state index is -3.30.